The molecule has 1 saturated heterocycles. The van der Waals surface area contributed by atoms with Crippen molar-refractivity contribution in [3.05, 3.63) is 0 Å². The molecule has 11 heavy (non-hydrogen) atoms. The largest absolute Gasteiger partial charge is 0.130 e. The first-order valence-electron chi connectivity index (χ1n) is 4.51. The standard InChI is InChI=1S/C8H18Si.CH3Cl/c1-8-6-4-5-7-9(8,2)3;1-2/h8H,4-7H2,1-3H3;1H3. The molecule has 0 aromatic rings. The highest BCUT2D eigenvalue weighted by Crippen LogP contribution is 2.36. The fourth-order valence-corrected chi connectivity index (χ4v) is 4.31. The van der Waals surface area contributed by atoms with E-state index in [2.05, 4.69) is 31.6 Å². The van der Waals surface area contributed by atoms with Gasteiger partial charge in [-0.3, -0.25) is 0 Å². The monoisotopic (exact) mass is 192 g/mol. The average Bonchev–Trinajstić information content (AvgIpc) is 2.00. The van der Waals surface area contributed by atoms with Crippen LogP contribution in [0.3, 0.4) is 0 Å². The van der Waals surface area contributed by atoms with Crippen LogP contribution in [0.4, 0.5) is 0 Å². The molecule has 68 valence electrons. The molecular formula is C9H21ClSi. The fraction of sp³-hybridized carbons (Fsp3) is 1.00. The molecule has 1 fully saturated rings. The van der Waals surface area contributed by atoms with Crippen molar-refractivity contribution in [3.63, 3.8) is 0 Å². The summed E-state index contributed by atoms with van der Waals surface area (Å²) in [7, 11) is -0.694. The summed E-state index contributed by atoms with van der Waals surface area (Å²) in [6.45, 7) is 7.53. The molecule has 0 aliphatic carbocycles. The number of rotatable bonds is 0. The zero-order valence-electron chi connectivity index (χ0n) is 8.28. The minimum atomic E-state index is -0.694. The highest BCUT2D eigenvalue weighted by molar-refractivity contribution is 6.78. The van der Waals surface area contributed by atoms with Crippen molar-refractivity contribution in [2.45, 2.75) is 50.9 Å². The Bertz CT molecular complexity index is 102. The second-order valence-corrected chi connectivity index (χ2v) is 9.60. The highest BCUT2D eigenvalue weighted by atomic mass is 35.5. The summed E-state index contributed by atoms with van der Waals surface area (Å²) >= 11 is 4.64. The molecule has 0 saturated carbocycles. The van der Waals surface area contributed by atoms with Gasteiger partial charge in [0.1, 0.15) is 0 Å². The van der Waals surface area contributed by atoms with Gasteiger partial charge in [0.15, 0.2) is 0 Å². The molecule has 1 rings (SSSR count). The number of alkyl halides is 1. The molecule has 0 nitrogen and oxygen atoms in total. The predicted octanol–water partition coefficient (Wildman–Crippen LogP) is 4.12. The van der Waals surface area contributed by atoms with Gasteiger partial charge in [-0.15, -0.1) is 11.6 Å². The van der Waals surface area contributed by atoms with E-state index in [0.717, 1.165) is 5.54 Å². The summed E-state index contributed by atoms with van der Waals surface area (Å²) in [5.74, 6) is 0. The van der Waals surface area contributed by atoms with Crippen LogP contribution in [-0.2, 0) is 0 Å². The van der Waals surface area contributed by atoms with E-state index in [0.29, 0.717) is 0 Å². The lowest BCUT2D eigenvalue weighted by molar-refractivity contribution is 0.635. The van der Waals surface area contributed by atoms with Gasteiger partial charge in [0, 0.05) is 6.38 Å². The van der Waals surface area contributed by atoms with Crippen molar-refractivity contribution in [2.75, 3.05) is 6.38 Å². The molecule has 0 amide bonds. The number of hydrogen-bond donors (Lipinski definition) is 0. The van der Waals surface area contributed by atoms with Gasteiger partial charge in [0.25, 0.3) is 0 Å². The van der Waals surface area contributed by atoms with E-state index in [1.165, 1.54) is 25.6 Å². The van der Waals surface area contributed by atoms with Crippen molar-refractivity contribution in [3.8, 4) is 0 Å². The van der Waals surface area contributed by atoms with E-state index in [-0.39, 0.29) is 0 Å². The van der Waals surface area contributed by atoms with E-state index >= 15 is 0 Å². The molecule has 0 spiro atoms. The average molecular weight is 193 g/mol. The van der Waals surface area contributed by atoms with E-state index in [1.807, 2.05) is 0 Å². The van der Waals surface area contributed by atoms with Crippen LogP contribution >= 0.6 is 11.6 Å². The Morgan fingerprint density at radius 1 is 1.18 bits per heavy atom. The Hall–Kier alpha value is 0.507. The van der Waals surface area contributed by atoms with Crippen molar-refractivity contribution in [1.29, 1.82) is 0 Å². The molecule has 0 aromatic heterocycles. The first-order chi connectivity index (χ1) is 5.13. The van der Waals surface area contributed by atoms with Gasteiger partial charge in [-0.2, -0.15) is 0 Å². The Balaban J connectivity index is 0.000000461. The third kappa shape index (κ3) is 3.61. The maximum absolute atomic E-state index is 4.64. The smallest absolute Gasteiger partial charge is 0.0502 e. The lowest BCUT2D eigenvalue weighted by Gasteiger charge is -2.34. The summed E-state index contributed by atoms with van der Waals surface area (Å²) in [5.41, 5.74) is 1.09. The molecule has 1 heterocycles. The summed E-state index contributed by atoms with van der Waals surface area (Å²) in [6.07, 6.45) is 6.00. The molecule has 1 aliphatic rings. The molecule has 1 aliphatic heterocycles. The van der Waals surface area contributed by atoms with Gasteiger partial charge < -0.3 is 0 Å². The zero-order chi connectivity index (χ0) is 8.91. The van der Waals surface area contributed by atoms with Gasteiger partial charge in [0.2, 0.25) is 0 Å². The number of hydrogen-bond acceptors (Lipinski definition) is 0. The van der Waals surface area contributed by atoms with Gasteiger partial charge in [-0.05, 0) is 5.54 Å². The van der Waals surface area contributed by atoms with Crippen molar-refractivity contribution >= 4 is 19.7 Å². The van der Waals surface area contributed by atoms with Crippen LogP contribution < -0.4 is 0 Å². The summed E-state index contributed by atoms with van der Waals surface area (Å²) in [5, 5.41) is 0. The highest BCUT2D eigenvalue weighted by Gasteiger charge is 2.30. The van der Waals surface area contributed by atoms with Gasteiger partial charge >= 0.3 is 0 Å². The number of halogens is 1. The van der Waals surface area contributed by atoms with Gasteiger partial charge in [-0.25, -0.2) is 0 Å². The molecule has 0 bridgehead atoms. The summed E-state index contributed by atoms with van der Waals surface area (Å²) in [4.78, 5) is 0. The van der Waals surface area contributed by atoms with Crippen LogP contribution in [0.25, 0.3) is 0 Å². The zero-order valence-corrected chi connectivity index (χ0v) is 10.0. The summed E-state index contributed by atoms with van der Waals surface area (Å²) in [6, 6.07) is 1.58. The Kier molecular flexibility index (Phi) is 5.45. The molecular weight excluding hydrogens is 172 g/mol. The predicted molar refractivity (Wildman–Crippen MR) is 57.3 cm³/mol. The van der Waals surface area contributed by atoms with Crippen LogP contribution in [0.2, 0.25) is 24.7 Å². The first-order valence-corrected chi connectivity index (χ1v) is 8.55. The van der Waals surface area contributed by atoms with E-state index in [1.54, 1.807) is 6.04 Å². The lowest BCUT2D eigenvalue weighted by atomic mass is 10.2. The van der Waals surface area contributed by atoms with E-state index in [4.69, 9.17) is 0 Å². The third-order valence-corrected chi connectivity index (χ3v) is 7.64. The molecule has 0 aromatic carbocycles. The van der Waals surface area contributed by atoms with E-state index in [9.17, 15) is 0 Å². The normalized spacial score (nSPS) is 28.6. The molecule has 0 N–H and O–H groups in total. The van der Waals surface area contributed by atoms with Gasteiger partial charge in [0.05, 0.1) is 8.07 Å². The van der Waals surface area contributed by atoms with Crippen LogP contribution in [0, 0.1) is 0 Å². The second-order valence-electron chi connectivity index (χ2n) is 4.14. The van der Waals surface area contributed by atoms with E-state index < -0.39 is 8.07 Å². The second kappa shape index (κ2) is 5.21. The van der Waals surface area contributed by atoms with Crippen molar-refractivity contribution in [2.24, 2.45) is 0 Å². The van der Waals surface area contributed by atoms with Crippen LogP contribution in [0.5, 0.6) is 0 Å². The maximum Gasteiger partial charge on any atom is 0.0502 e. The first kappa shape index (κ1) is 11.5. The Morgan fingerprint density at radius 2 is 1.73 bits per heavy atom. The fourth-order valence-electron chi connectivity index (χ4n) is 1.67. The van der Waals surface area contributed by atoms with Gasteiger partial charge in [-0.1, -0.05) is 45.3 Å². The van der Waals surface area contributed by atoms with Crippen LogP contribution in [0.1, 0.15) is 26.2 Å². The molecule has 2 heteroatoms. The lowest BCUT2D eigenvalue weighted by Crippen LogP contribution is -2.33. The minimum absolute atomic E-state index is 0.694. The summed E-state index contributed by atoms with van der Waals surface area (Å²) < 4.78 is 0. The topological polar surface area (TPSA) is 0 Å². The molecule has 0 radical (unpaired) electrons. The van der Waals surface area contributed by atoms with Crippen molar-refractivity contribution in [1.82, 2.24) is 0 Å². The maximum atomic E-state index is 4.64. The van der Waals surface area contributed by atoms with Crippen LogP contribution in [-0.4, -0.2) is 14.5 Å². The Labute approximate surface area is 77.3 Å². The third-order valence-electron chi connectivity index (χ3n) is 3.04. The molecule has 1 unspecified atom stereocenters. The minimum Gasteiger partial charge on any atom is -0.130 e. The Morgan fingerprint density at radius 3 is 2.00 bits per heavy atom. The quantitative estimate of drug-likeness (QED) is 0.400. The van der Waals surface area contributed by atoms with Crippen molar-refractivity contribution < 1.29 is 0 Å². The van der Waals surface area contributed by atoms with Crippen LogP contribution in [0.15, 0.2) is 0 Å². The SMILES string of the molecule is CC1CCCC[Si]1(C)C.CCl. The molecule has 1 atom stereocenters.